The number of ether oxygens (including phenoxy) is 3. The van der Waals surface area contributed by atoms with Gasteiger partial charge >= 0.3 is 0 Å². The minimum absolute atomic E-state index is 0.126. The molecule has 0 spiro atoms. The van der Waals surface area contributed by atoms with Crippen molar-refractivity contribution in [3.05, 3.63) is 71.3 Å². The van der Waals surface area contributed by atoms with Crippen molar-refractivity contribution in [1.82, 2.24) is 15.3 Å². The number of hydrogen-bond acceptors (Lipinski definition) is 6. The van der Waals surface area contributed by atoms with Gasteiger partial charge in [0.2, 0.25) is 0 Å². The maximum absolute atomic E-state index is 14.3. The van der Waals surface area contributed by atoms with E-state index in [1.54, 1.807) is 38.2 Å². The lowest BCUT2D eigenvalue weighted by atomic mass is 9.97. The molecule has 0 saturated carbocycles. The molecule has 10 heteroatoms. The van der Waals surface area contributed by atoms with Gasteiger partial charge in [-0.15, -0.1) is 12.3 Å². The molecule has 3 N–H and O–H groups in total. The number of aliphatic hydroxyl groups is 1. The highest BCUT2D eigenvalue weighted by Gasteiger charge is 2.31. The first-order valence-corrected chi connectivity index (χ1v) is 13.9. The van der Waals surface area contributed by atoms with Crippen molar-refractivity contribution >= 4 is 16.8 Å². The lowest BCUT2D eigenvalue weighted by molar-refractivity contribution is 0.0489. The zero-order valence-corrected chi connectivity index (χ0v) is 25.0. The van der Waals surface area contributed by atoms with E-state index < -0.39 is 18.2 Å². The molecule has 5 rings (SSSR count). The van der Waals surface area contributed by atoms with Crippen LogP contribution in [0, 0.1) is 18.2 Å². The molecule has 1 aliphatic rings. The van der Waals surface area contributed by atoms with Crippen LogP contribution in [0.4, 0.5) is 8.78 Å². The lowest BCUT2D eigenvalue weighted by Gasteiger charge is -2.25. The zero-order valence-electron chi connectivity index (χ0n) is 25.0. The number of carbonyl (C=O) groups is 1. The molecular weight excluding hydrogens is 556 g/mol. The number of rotatable bonds is 9. The standard InChI is InChI=1S/C28H27F2N3O5.C3H4.C2H6/c1-28(35,15-32-27(34)17-6-7-21(37-11-9-29)22(12-17)36-2)23-13-16-8-10-38-26(16)25(33-23)19-14-31-24-18(19)4-3-5-20(24)30;1-3-2;1-2/h3-7,12-14,31,35H,8-11,15H2,1-2H3,(H,32,34);1H,2H3;1-2H3. The van der Waals surface area contributed by atoms with Crippen LogP contribution >= 0.6 is 0 Å². The number of nitrogens with zero attached hydrogens (tertiary/aromatic N) is 1. The maximum Gasteiger partial charge on any atom is 0.251 e. The van der Waals surface area contributed by atoms with E-state index in [1.807, 2.05) is 13.8 Å². The monoisotopic (exact) mass is 593 g/mol. The van der Waals surface area contributed by atoms with E-state index in [0.29, 0.717) is 52.4 Å². The van der Waals surface area contributed by atoms with Crippen LogP contribution in [0.3, 0.4) is 0 Å². The van der Waals surface area contributed by atoms with E-state index in [9.17, 15) is 18.7 Å². The van der Waals surface area contributed by atoms with Crippen molar-refractivity contribution in [3.8, 4) is 40.8 Å². The Hall–Kier alpha value is -4.62. The third-order valence-corrected chi connectivity index (χ3v) is 6.49. The average molecular weight is 594 g/mol. The van der Waals surface area contributed by atoms with Crippen molar-refractivity contribution in [1.29, 1.82) is 0 Å². The Labute approximate surface area is 250 Å². The molecule has 0 fully saturated rings. The lowest BCUT2D eigenvalue weighted by Crippen LogP contribution is -2.39. The summed E-state index contributed by atoms with van der Waals surface area (Å²) in [5.41, 5.74) is 1.46. The van der Waals surface area contributed by atoms with Gasteiger partial charge in [0.25, 0.3) is 5.91 Å². The Morgan fingerprint density at radius 3 is 2.70 bits per heavy atom. The van der Waals surface area contributed by atoms with Crippen LogP contribution in [0.15, 0.2) is 48.7 Å². The van der Waals surface area contributed by atoms with Crippen molar-refractivity contribution in [2.45, 2.75) is 39.7 Å². The number of nitrogens with one attached hydrogen (secondary N) is 2. The Morgan fingerprint density at radius 2 is 2.00 bits per heavy atom. The summed E-state index contributed by atoms with van der Waals surface area (Å²) < 4.78 is 43.1. The SMILES string of the molecule is C#CC.CC.COc1cc(C(=O)NCC(C)(O)c2cc3c(c(-c4c[nH]c5c(F)cccc45)n2)OCC3)ccc1OCCF. The summed E-state index contributed by atoms with van der Waals surface area (Å²) in [6, 6.07) is 11.1. The molecule has 0 bridgehead atoms. The molecule has 228 valence electrons. The zero-order chi connectivity index (χ0) is 31.6. The summed E-state index contributed by atoms with van der Waals surface area (Å²) in [5.74, 6) is 2.63. The minimum Gasteiger partial charge on any atom is -0.493 e. The summed E-state index contributed by atoms with van der Waals surface area (Å²) in [7, 11) is 1.42. The third-order valence-electron chi connectivity index (χ3n) is 6.49. The van der Waals surface area contributed by atoms with E-state index >= 15 is 0 Å². The first-order chi connectivity index (χ1) is 20.7. The van der Waals surface area contributed by atoms with Gasteiger partial charge in [0.1, 0.15) is 36.1 Å². The molecule has 1 atom stereocenters. The molecule has 3 heterocycles. The number of amides is 1. The summed E-state index contributed by atoms with van der Waals surface area (Å²) in [6.45, 7) is 6.77. The fourth-order valence-corrected chi connectivity index (χ4v) is 4.49. The predicted octanol–water partition coefficient (Wildman–Crippen LogP) is 5.96. The first kappa shape index (κ1) is 32.9. The van der Waals surface area contributed by atoms with E-state index in [2.05, 4.69) is 22.6 Å². The Morgan fingerprint density at radius 1 is 1.26 bits per heavy atom. The second-order valence-electron chi connectivity index (χ2n) is 9.46. The number of pyridine rings is 1. The van der Waals surface area contributed by atoms with Crippen molar-refractivity contribution in [2.24, 2.45) is 0 Å². The van der Waals surface area contributed by atoms with Crippen LogP contribution < -0.4 is 19.5 Å². The van der Waals surface area contributed by atoms with Crippen molar-refractivity contribution in [2.75, 3.05) is 33.5 Å². The van der Waals surface area contributed by atoms with Crippen LogP contribution in [0.2, 0.25) is 0 Å². The molecule has 1 unspecified atom stereocenters. The van der Waals surface area contributed by atoms with Gasteiger partial charge in [-0.25, -0.2) is 13.8 Å². The Balaban J connectivity index is 0.000000953. The van der Waals surface area contributed by atoms with E-state index in [-0.39, 0.29) is 30.3 Å². The van der Waals surface area contributed by atoms with Gasteiger partial charge < -0.3 is 29.6 Å². The summed E-state index contributed by atoms with van der Waals surface area (Å²) in [6.07, 6.45) is 6.90. The van der Waals surface area contributed by atoms with Gasteiger partial charge in [-0.3, -0.25) is 4.79 Å². The van der Waals surface area contributed by atoms with Crippen LogP contribution in [0.5, 0.6) is 17.2 Å². The molecular formula is C33H37F2N3O5. The van der Waals surface area contributed by atoms with Gasteiger partial charge in [-0.05, 0) is 44.2 Å². The molecule has 0 radical (unpaired) electrons. The van der Waals surface area contributed by atoms with Crippen LogP contribution in [-0.4, -0.2) is 54.5 Å². The first-order valence-electron chi connectivity index (χ1n) is 13.9. The fourth-order valence-electron chi connectivity index (χ4n) is 4.49. The van der Waals surface area contributed by atoms with Gasteiger partial charge in [0.15, 0.2) is 11.5 Å². The number of aromatic nitrogens is 2. The number of H-pyrrole nitrogens is 1. The number of alkyl halides is 1. The Bertz CT molecular complexity index is 1590. The molecule has 43 heavy (non-hydrogen) atoms. The number of carbonyl (C=O) groups excluding carboxylic acids is 1. The smallest absolute Gasteiger partial charge is 0.251 e. The number of methoxy groups -OCH3 is 1. The average Bonchev–Trinajstić information content (AvgIpc) is 3.68. The normalized spacial score (nSPS) is 12.7. The topological polar surface area (TPSA) is 106 Å². The van der Waals surface area contributed by atoms with Crippen LogP contribution in [0.25, 0.3) is 22.2 Å². The number of hydrogen-bond donors (Lipinski definition) is 3. The van der Waals surface area contributed by atoms with Crippen molar-refractivity contribution < 1.29 is 32.9 Å². The van der Waals surface area contributed by atoms with Gasteiger partial charge in [0, 0.05) is 34.7 Å². The number of aromatic amines is 1. The highest BCUT2D eigenvalue weighted by molar-refractivity contribution is 5.97. The Kier molecular flexibility index (Phi) is 11.5. The van der Waals surface area contributed by atoms with Gasteiger partial charge in [-0.1, -0.05) is 26.0 Å². The largest absolute Gasteiger partial charge is 0.493 e. The van der Waals surface area contributed by atoms with Crippen LogP contribution in [0.1, 0.15) is 49.3 Å². The molecule has 2 aromatic heterocycles. The van der Waals surface area contributed by atoms with Crippen LogP contribution in [-0.2, 0) is 12.0 Å². The fraction of sp³-hybridized carbons (Fsp3) is 0.333. The van der Waals surface area contributed by atoms with E-state index in [0.717, 1.165) is 5.56 Å². The van der Waals surface area contributed by atoms with Gasteiger partial charge in [0.05, 0.1) is 31.5 Å². The third kappa shape index (κ3) is 7.43. The maximum atomic E-state index is 14.3. The number of benzene rings is 2. The molecule has 1 amide bonds. The number of terminal acetylenes is 1. The quantitative estimate of drug-likeness (QED) is 0.207. The molecule has 4 aromatic rings. The molecule has 0 aliphatic carbocycles. The number of para-hydroxylation sites is 1. The minimum atomic E-state index is -1.53. The van der Waals surface area contributed by atoms with E-state index in [4.69, 9.17) is 19.2 Å². The molecule has 0 saturated heterocycles. The molecule has 8 nitrogen and oxygen atoms in total. The second-order valence-corrected chi connectivity index (χ2v) is 9.46. The molecule has 2 aromatic carbocycles. The molecule has 1 aliphatic heterocycles. The van der Waals surface area contributed by atoms with E-state index in [1.165, 1.54) is 31.4 Å². The second kappa shape index (κ2) is 15.0. The highest BCUT2D eigenvalue weighted by atomic mass is 19.1. The van der Waals surface area contributed by atoms with Gasteiger partial charge in [-0.2, -0.15) is 0 Å². The summed E-state index contributed by atoms with van der Waals surface area (Å²) in [5, 5.41) is 14.8. The number of fused-ring (bicyclic) bond motifs is 2. The number of halogens is 2. The summed E-state index contributed by atoms with van der Waals surface area (Å²) >= 11 is 0. The predicted molar refractivity (Wildman–Crippen MR) is 163 cm³/mol. The van der Waals surface area contributed by atoms with Crippen molar-refractivity contribution in [3.63, 3.8) is 0 Å². The summed E-state index contributed by atoms with van der Waals surface area (Å²) in [4.78, 5) is 20.6. The highest BCUT2D eigenvalue weighted by Crippen LogP contribution is 2.41.